The molecule has 0 unspecified atom stereocenters. The fourth-order valence-corrected chi connectivity index (χ4v) is 2.63. The van der Waals surface area contributed by atoms with E-state index in [1.165, 1.54) is 24.3 Å². The normalized spacial score (nSPS) is 11.9. The lowest BCUT2D eigenvalue weighted by Crippen LogP contribution is -2.25. The maximum Gasteiger partial charge on any atom is 0.292 e. The Hall–Kier alpha value is -2.94. The summed E-state index contributed by atoms with van der Waals surface area (Å²) in [6.45, 7) is 0. The highest BCUT2D eigenvalue weighted by Gasteiger charge is 2.06. The molecule has 1 aromatic carbocycles. The SMILES string of the molecule is O=c1cnn2c(=O)c(=Cc3ccc([N+](=O)[O-])cc3)sc2n1. The van der Waals surface area contributed by atoms with Crippen LogP contribution in [0.2, 0.25) is 0 Å². The van der Waals surface area contributed by atoms with Crippen LogP contribution in [-0.2, 0) is 0 Å². The van der Waals surface area contributed by atoms with Crippen LogP contribution in [0.25, 0.3) is 11.0 Å². The number of non-ortho nitro benzene ring substituents is 1. The van der Waals surface area contributed by atoms with Crippen LogP contribution in [0, 0.1) is 10.1 Å². The van der Waals surface area contributed by atoms with Gasteiger partial charge in [0, 0.05) is 12.1 Å². The number of benzene rings is 1. The Labute approximate surface area is 119 Å². The van der Waals surface area contributed by atoms with Crippen LogP contribution in [0.1, 0.15) is 5.56 Å². The fraction of sp³-hybridized carbons (Fsp3) is 0. The number of thiazole rings is 1. The second-order valence-electron chi connectivity index (χ2n) is 4.05. The number of fused-ring (bicyclic) bond motifs is 1. The van der Waals surface area contributed by atoms with Gasteiger partial charge in [0.15, 0.2) is 0 Å². The van der Waals surface area contributed by atoms with Gasteiger partial charge in [-0.25, -0.2) is 0 Å². The van der Waals surface area contributed by atoms with Gasteiger partial charge >= 0.3 is 0 Å². The molecule has 0 fully saturated rings. The number of nitro benzene ring substituents is 1. The molecule has 8 nitrogen and oxygen atoms in total. The van der Waals surface area contributed by atoms with Crippen molar-refractivity contribution in [3.63, 3.8) is 0 Å². The van der Waals surface area contributed by atoms with Gasteiger partial charge in [0.25, 0.3) is 16.8 Å². The Morgan fingerprint density at radius 3 is 2.62 bits per heavy atom. The second kappa shape index (κ2) is 4.87. The third-order valence-electron chi connectivity index (χ3n) is 2.68. The first-order valence-corrected chi connectivity index (χ1v) is 6.51. The van der Waals surface area contributed by atoms with Crippen molar-refractivity contribution in [2.45, 2.75) is 0 Å². The van der Waals surface area contributed by atoms with Crippen LogP contribution in [-0.4, -0.2) is 19.5 Å². The number of nitro groups is 1. The number of aromatic nitrogens is 3. The molecule has 0 spiro atoms. The minimum Gasteiger partial charge on any atom is -0.266 e. The van der Waals surface area contributed by atoms with Gasteiger partial charge in [0.2, 0.25) is 4.96 Å². The molecule has 0 aliphatic carbocycles. The summed E-state index contributed by atoms with van der Waals surface area (Å²) in [5.41, 5.74) is -0.300. The molecule has 0 saturated heterocycles. The molecule has 0 N–H and O–H groups in total. The molecule has 104 valence electrons. The smallest absolute Gasteiger partial charge is 0.266 e. The molecule has 0 amide bonds. The van der Waals surface area contributed by atoms with Crippen molar-refractivity contribution in [1.82, 2.24) is 14.6 Å². The van der Waals surface area contributed by atoms with Crippen molar-refractivity contribution in [3.8, 4) is 0 Å². The van der Waals surface area contributed by atoms with E-state index in [2.05, 4.69) is 10.1 Å². The molecule has 3 aromatic rings. The number of hydrogen-bond donors (Lipinski definition) is 0. The Morgan fingerprint density at radius 1 is 1.24 bits per heavy atom. The number of hydrogen-bond acceptors (Lipinski definition) is 7. The average Bonchev–Trinajstić information content (AvgIpc) is 2.75. The molecule has 0 saturated carbocycles. The summed E-state index contributed by atoms with van der Waals surface area (Å²) in [6.07, 6.45) is 2.54. The Kier molecular flexibility index (Phi) is 3.03. The van der Waals surface area contributed by atoms with Crippen molar-refractivity contribution in [3.05, 3.63) is 71.4 Å². The minimum atomic E-state index is -0.516. The lowest BCUT2D eigenvalue weighted by atomic mass is 10.2. The van der Waals surface area contributed by atoms with Crippen molar-refractivity contribution in [2.24, 2.45) is 0 Å². The zero-order chi connectivity index (χ0) is 15.0. The molecular weight excluding hydrogens is 296 g/mol. The Bertz CT molecular complexity index is 1010. The van der Waals surface area contributed by atoms with E-state index in [0.29, 0.717) is 10.1 Å². The number of rotatable bonds is 2. The van der Waals surface area contributed by atoms with E-state index in [-0.39, 0.29) is 16.2 Å². The first-order valence-electron chi connectivity index (χ1n) is 5.70. The molecule has 2 aromatic heterocycles. The van der Waals surface area contributed by atoms with E-state index in [1.807, 2.05) is 0 Å². The first-order chi connectivity index (χ1) is 10.0. The highest BCUT2D eigenvalue weighted by atomic mass is 32.1. The molecule has 9 heteroatoms. The van der Waals surface area contributed by atoms with Crippen LogP contribution in [0.4, 0.5) is 5.69 Å². The molecule has 2 heterocycles. The van der Waals surface area contributed by atoms with Crippen LogP contribution >= 0.6 is 11.3 Å². The Balaban J connectivity index is 2.15. The van der Waals surface area contributed by atoms with Crippen LogP contribution < -0.4 is 15.7 Å². The van der Waals surface area contributed by atoms with Crippen molar-refractivity contribution < 1.29 is 4.92 Å². The molecule has 0 aliphatic heterocycles. The predicted octanol–water partition coefficient (Wildman–Crippen LogP) is -0.0329. The summed E-state index contributed by atoms with van der Waals surface area (Å²) in [5, 5.41) is 14.3. The monoisotopic (exact) mass is 302 g/mol. The average molecular weight is 302 g/mol. The minimum absolute atomic E-state index is 0.0282. The maximum absolute atomic E-state index is 12.0. The van der Waals surface area contributed by atoms with E-state index in [9.17, 15) is 19.7 Å². The summed E-state index contributed by atoms with van der Waals surface area (Å²) in [6, 6.07) is 5.77. The molecule has 0 aliphatic rings. The predicted molar refractivity (Wildman–Crippen MR) is 75.3 cm³/mol. The molecule has 0 bridgehead atoms. The van der Waals surface area contributed by atoms with Crippen molar-refractivity contribution in [2.75, 3.05) is 0 Å². The zero-order valence-electron chi connectivity index (χ0n) is 10.3. The zero-order valence-corrected chi connectivity index (χ0v) is 11.1. The van der Waals surface area contributed by atoms with Gasteiger partial charge in [0.1, 0.15) is 6.20 Å². The van der Waals surface area contributed by atoms with Crippen molar-refractivity contribution in [1.29, 1.82) is 0 Å². The van der Waals surface area contributed by atoms with Gasteiger partial charge in [-0.1, -0.05) is 11.3 Å². The fourth-order valence-electron chi connectivity index (χ4n) is 1.71. The molecule has 21 heavy (non-hydrogen) atoms. The lowest BCUT2D eigenvalue weighted by Gasteiger charge is -1.92. The maximum atomic E-state index is 12.0. The second-order valence-corrected chi connectivity index (χ2v) is 5.06. The third-order valence-corrected chi connectivity index (χ3v) is 3.64. The van der Waals surface area contributed by atoms with Crippen LogP contribution in [0.15, 0.2) is 40.1 Å². The largest absolute Gasteiger partial charge is 0.292 e. The van der Waals surface area contributed by atoms with Crippen LogP contribution in [0.5, 0.6) is 0 Å². The molecule has 0 atom stereocenters. The third kappa shape index (κ3) is 2.41. The molecule has 0 radical (unpaired) electrons. The van der Waals surface area contributed by atoms with E-state index < -0.39 is 10.5 Å². The van der Waals surface area contributed by atoms with Gasteiger partial charge < -0.3 is 0 Å². The summed E-state index contributed by atoms with van der Waals surface area (Å²) in [7, 11) is 0. The quantitative estimate of drug-likeness (QED) is 0.486. The first kappa shape index (κ1) is 13.1. The summed E-state index contributed by atoms with van der Waals surface area (Å²) < 4.78 is 1.39. The van der Waals surface area contributed by atoms with Gasteiger partial charge in [-0.3, -0.25) is 19.7 Å². The van der Waals surface area contributed by atoms with Gasteiger partial charge in [-0.05, 0) is 23.8 Å². The summed E-state index contributed by atoms with van der Waals surface area (Å²) >= 11 is 1.03. The number of nitrogens with zero attached hydrogens (tertiary/aromatic N) is 4. The van der Waals surface area contributed by atoms with Crippen molar-refractivity contribution >= 4 is 28.1 Å². The topological polar surface area (TPSA) is 107 Å². The van der Waals surface area contributed by atoms with Gasteiger partial charge in [-0.15, -0.1) is 0 Å². The molecular formula is C12H6N4O4S. The standard InChI is InChI=1S/C12H6N4O4S/c17-10-6-13-15-11(18)9(21-12(15)14-10)5-7-1-3-8(4-2-7)16(19)20/h1-6H. The summed E-state index contributed by atoms with van der Waals surface area (Å²) in [4.78, 5) is 37.1. The van der Waals surface area contributed by atoms with E-state index in [1.54, 1.807) is 6.08 Å². The van der Waals surface area contributed by atoms with E-state index in [0.717, 1.165) is 22.0 Å². The lowest BCUT2D eigenvalue weighted by molar-refractivity contribution is -0.384. The van der Waals surface area contributed by atoms with E-state index in [4.69, 9.17) is 0 Å². The van der Waals surface area contributed by atoms with Gasteiger partial charge in [-0.2, -0.15) is 14.6 Å². The summed E-state index contributed by atoms with van der Waals surface area (Å²) in [5.74, 6) is 0. The van der Waals surface area contributed by atoms with E-state index >= 15 is 0 Å². The Morgan fingerprint density at radius 2 is 1.95 bits per heavy atom. The highest BCUT2D eigenvalue weighted by molar-refractivity contribution is 7.15. The van der Waals surface area contributed by atoms with Gasteiger partial charge in [0.05, 0.1) is 9.46 Å². The van der Waals surface area contributed by atoms with Crippen LogP contribution in [0.3, 0.4) is 0 Å². The molecule has 3 rings (SSSR count). The highest BCUT2D eigenvalue weighted by Crippen LogP contribution is 2.12.